The fourth-order valence-corrected chi connectivity index (χ4v) is 3.58. The number of rotatable bonds is 2. The number of aromatic nitrogens is 2. The number of halogens is 3. The summed E-state index contributed by atoms with van der Waals surface area (Å²) < 4.78 is 42.9. The van der Waals surface area contributed by atoms with Crippen LogP contribution >= 0.6 is 0 Å². The number of aliphatic carboxylic acids is 1. The van der Waals surface area contributed by atoms with Crippen LogP contribution in [0, 0.1) is 0 Å². The molecular formula is C19H21F3N4O5. The van der Waals surface area contributed by atoms with E-state index in [0.29, 0.717) is 25.3 Å². The Kier molecular flexibility index (Phi) is 6.78. The first kappa shape index (κ1) is 22.5. The lowest BCUT2D eigenvalue weighted by Gasteiger charge is -2.48. The van der Waals surface area contributed by atoms with Gasteiger partial charge in [-0.25, -0.2) is 9.78 Å². The largest absolute Gasteiger partial charge is 0.490 e. The Morgan fingerprint density at radius 2 is 1.97 bits per heavy atom. The van der Waals surface area contributed by atoms with Gasteiger partial charge in [0.25, 0.3) is 5.91 Å². The van der Waals surface area contributed by atoms with Gasteiger partial charge in [-0.1, -0.05) is 0 Å². The average Bonchev–Trinajstić information content (AvgIpc) is 3.29. The predicted molar refractivity (Wildman–Crippen MR) is 100 cm³/mol. The van der Waals surface area contributed by atoms with Gasteiger partial charge in [0.2, 0.25) is 0 Å². The summed E-state index contributed by atoms with van der Waals surface area (Å²) in [6.07, 6.45) is 5.04. The van der Waals surface area contributed by atoms with Crippen LogP contribution in [0.2, 0.25) is 0 Å². The summed E-state index contributed by atoms with van der Waals surface area (Å²) >= 11 is 0. The molecule has 2 fully saturated rings. The molecule has 0 aromatic carbocycles. The first-order valence-corrected chi connectivity index (χ1v) is 9.47. The number of morpholine rings is 1. The van der Waals surface area contributed by atoms with Crippen molar-refractivity contribution in [2.75, 3.05) is 37.7 Å². The van der Waals surface area contributed by atoms with Crippen LogP contribution in [-0.2, 0) is 9.53 Å². The Morgan fingerprint density at radius 1 is 1.19 bits per heavy atom. The summed E-state index contributed by atoms with van der Waals surface area (Å²) in [4.78, 5) is 34.1. The van der Waals surface area contributed by atoms with E-state index in [1.807, 2.05) is 4.90 Å². The van der Waals surface area contributed by atoms with Crippen LogP contribution in [-0.4, -0.2) is 76.4 Å². The third-order valence-electron chi connectivity index (χ3n) is 4.96. The second-order valence-electron chi connectivity index (χ2n) is 7.16. The van der Waals surface area contributed by atoms with Gasteiger partial charge in [-0.3, -0.25) is 9.78 Å². The van der Waals surface area contributed by atoms with Gasteiger partial charge >= 0.3 is 12.1 Å². The quantitative estimate of drug-likeness (QED) is 0.754. The Morgan fingerprint density at radius 3 is 2.58 bits per heavy atom. The van der Waals surface area contributed by atoms with Crippen molar-refractivity contribution in [3.8, 4) is 0 Å². The molecule has 1 unspecified atom stereocenters. The molecule has 9 nitrogen and oxygen atoms in total. The molecule has 0 bridgehead atoms. The van der Waals surface area contributed by atoms with E-state index in [9.17, 15) is 18.0 Å². The van der Waals surface area contributed by atoms with Gasteiger partial charge in [-0.05, 0) is 18.9 Å². The smallest absolute Gasteiger partial charge is 0.475 e. The molecule has 1 atom stereocenters. The Balaban J connectivity index is 0.000000339. The number of carboxylic acids is 1. The lowest BCUT2D eigenvalue weighted by Crippen LogP contribution is -2.61. The molecule has 4 rings (SSSR count). The maximum absolute atomic E-state index is 12.6. The number of carbonyl (C=O) groups is 2. The number of nitrogens with zero attached hydrogens (tertiary/aromatic N) is 4. The minimum atomic E-state index is -5.08. The number of carbonyl (C=O) groups excluding carboxylic acids is 1. The van der Waals surface area contributed by atoms with E-state index in [4.69, 9.17) is 19.1 Å². The van der Waals surface area contributed by atoms with Crippen molar-refractivity contribution in [1.29, 1.82) is 0 Å². The molecule has 4 heterocycles. The van der Waals surface area contributed by atoms with Crippen LogP contribution in [0.3, 0.4) is 0 Å². The second-order valence-corrected chi connectivity index (χ2v) is 7.16. The summed E-state index contributed by atoms with van der Waals surface area (Å²) in [5, 5.41) is 7.12. The minimum Gasteiger partial charge on any atom is -0.475 e. The highest BCUT2D eigenvalue weighted by Gasteiger charge is 2.42. The molecule has 1 spiro atoms. The van der Waals surface area contributed by atoms with Crippen LogP contribution < -0.4 is 4.90 Å². The number of piperidine rings is 1. The minimum absolute atomic E-state index is 0.00283. The van der Waals surface area contributed by atoms with Crippen molar-refractivity contribution in [2.45, 2.75) is 24.6 Å². The summed E-state index contributed by atoms with van der Waals surface area (Å²) in [5.41, 5.74) is 0.251. The van der Waals surface area contributed by atoms with Crippen molar-refractivity contribution in [3.63, 3.8) is 0 Å². The third-order valence-corrected chi connectivity index (χ3v) is 4.96. The molecule has 2 aliphatic rings. The zero-order valence-corrected chi connectivity index (χ0v) is 16.4. The zero-order valence-electron chi connectivity index (χ0n) is 16.4. The number of ether oxygens (including phenoxy) is 1. The predicted octanol–water partition coefficient (Wildman–Crippen LogP) is 2.21. The molecule has 1 N–H and O–H groups in total. The highest BCUT2D eigenvalue weighted by molar-refractivity contribution is 5.94. The molecule has 2 aromatic heterocycles. The van der Waals surface area contributed by atoms with E-state index >= 15 is 0 Å². The van der Waals surface area contributed by atoms with Gasteiger partial charge in [-0.15, -0.1) is 0 Å². The maximum atomic E-state index is 12.6. The summed E-state index contributed by atoms with van der Waals surface area (Å²) in [6.45, 7) is 3.41. The van der Waals surface area contributed by atoms with Crippen LogP contribution in [0.5, 0.6) is 0 Å². The molecule has 2 aromatic rings. The molecule has 0 radical (unpaired) electrons. The van der Waals surface area contributed by atoms with Gasteiger partial charge < -0.3 is 24.1 Å². The van der Waals surface area contributed by atoms with Crippen molar-refractivity contribution >= 4 is 17.7 Å². The number of carboxylic acid groups (broad SMARTS) is 1. The van der Waals surface area contributed by atoms with Crippen molar-refractivity contribution in [3.05, 3.63) is 42.7 Å². The highest BCUT2D eigenvalue weighted by Crippen LogP contribution is 2.31. The first-order chi connectivity index (χ1) is 14.7. The van der Waals surface area contributed by atoms with Gasteiger partial charge in [0.15, 0.2) is 0 Å². The number of amides is 1. The van der Waals surface area contributed by atoms with Crippen LogP contribution in [0.1, 0.15) is 23.2 Å². The van der Waals surface area contributed by atoms with Gasteiger partial charge in [0.1, 0.15) is 17.7 Å². The van der Waals surface area contributed by atoms with Crippen LogP contribution in [0.25, 0.3) is 0 Å². The van der Waals surface area contributed by atoms with E-state index < -0.39 is 12.1 Å². The Labute approximate surface area is 175 Å². The molecule has 1 amide bonds. The molecule has 0 aliphatic carbocycles. The number of furan rings is 1. The molecule has 2 saturated heterocycles. The molecule has 168 valence electrons. The molecule has 31 heavy (non-hydrogen) atoms. The third kappa shape index (κ3) is 5.72. The summed E-state index contributed by atoms with van der Waals surface area (Å²) in [5.74, 6) is -1.89. The fraction of sp³-hybridized carbons (Fsp3) is 0.474. The van der Waals surface area contributed by atoms with Crippen molar-refractivity contribution in [1.82, 2.24) is 14.9 Å². The van der Waals surface area contributed by atoms with Crippen LogP contribution in [0.15, 0.2) is 41.6 Å². The topological polar surface area (TPSA) is 109 Å². The van der Waals surface area contributed by atoms with E-state index in [1.54, 1.807) is 24.7 Å². The van der Waals surface area contributed by atoms with E-state index in [1.165, 1.54) is 12.5 Å². The SMILES string of the molecule is O=C(O)C(F)(F)F.O=C(c1ccoc1)N1CCOC2(CCCN(c3cnccn3)C2)C1. The number of anilines is 1. The number of hydrogen-bond acceptors (Lipinski definition) is 7. The highest BCUT2D eigenvalue weighted by atomic mass is 19.4. The monoisotopic (exact) mass is 442 g/mol. The number of hydrogen-bond donors (Lipinski definition) is 1. The molecule has 12 heteroatoms. The normalized spacial score (nSPS) is 21.4. The van der Waals surface area contributed by atoms with Gasteiger partial charge in [-0.2, -0.15) is 13.2 Å². The molecular weight excluding hydrogens is 421 g/mol. The Hall–Kier alpha value is -3.15. The lowest BCUT2D eigenvalue weighted by atomic mass is 9.90. The maximum Gasteiger partial charge on any atom is 0.490 e. The zero-order chi connectivity index (χ0) is 22.5. The molecule has 2 aliphatic heterocycles. The Bertz CT molecular complexity index is 874. The number of alkyl halides is 3. The van der Waals surface area contributed by atoms with E-state index in [0.717, 1.165) is 31.7 Å². The standard InChI is InChI=1S/C17H20N4O3.C2HF3O2/c22-16(14-2-8-23-11-14)21-7-9-24-17(13-21)3-1-6-20(12-17)15-10-18-4-5-19-15;3-2(4,5)1(6)7/h2,4-5,8,10-11H,1,3,6-7,9,12-13H2;(H,6,7). The van der Waals surface area contributed by atoms with Crippen molar-refractivity contribution in [2.24, 2.45) is 0 Å². The first-order valence-electron chi connectivity index (χ1n) is 9.47. The lowest BCUT2D eigenvalue weighted by molar-refractivity contribution is -0.192. The van der Waals surface area contributed by atoms with Crippen LogP contribution in [0.4, 0.5) is 19.0 Å². The van der Waals surface area contributed by atoms with E-state index in [2.05, 4.69) is 14.9 Å². The second kappa shape index (κ2) is 9.33. The average molecular weight is 442 g/mol. The van der Waals surface area contributed by atoms with Crippen molar-refractivity contribution < 1.29 is 37.0 Å². The fourth-order valence-electron chi connectivity index (χ4n) is 3.58. The van der Waals surface area contributed by atoms with Gasteiger partial charge in [0, 0.05) is 25.5 Å². The molecule has 0 saturated carbocycles. The summed E-state index contributed by atoms with van der Waals surface area (Å²) in [7, 11) is 0. The summed E-state index contributed by atoms with van der Waals surface area (Å²) in [6, 6.07) is 1.71. The van der Waals surface area contributed by atoms with E-state index in [-0.39, 0.29) is 11.5 Å². The van der Waals surface area contributed by atoms with Gasteiger partial charge in [0.05, 0.1) is 37.7 Å².